The maximum Gasteiger partial charge on any atom is 0.286 e. The molecule has 8 nitrogen and oxygen atoms in total. The van der Waals surface area contributed by atoms with Gasteiger partial charge in [0.25, 0.3) is 5.91 Å². The third-order valence-electron chi connectivity index (χ3n) is 5.90. The molecule has 2 heterocycles. The standard InChI is InChI=1S/C23H26N4O4S2/c1-15-4-9-20(14-16(15)2)33(29,30)27-12-10-17(11-13-27)22-25-26-23(32-22)21(28)24-18-5-7-19(31-3)8-6-18/h4-9,14,17H,10-13H2,1-3H3,(H,24,28). The van der Waals surface area contributed by atoms with Gasteiger partial charge in [-0.15, -0.1) is 10.2 Å². The van der Waals surface area contributed by atoms with Gasteiger partial charge in [-0.05, 0) is 74.2 Å². The summed E-state index contributed by atoms with van der Waals surface area (Å²) in [5, 5.41) is 12.1. The summed E-state index contributed by atoms with van der Waals surface area (Å²) in [6, 6.07) is 12.3. The summed E-state index contributed by atoms with van der Waals surface area (Å²) in [4.78, 5) is 12.9. The van der Waals surface area contributed by atoms with Crippen LogP contribution in [0.3, 0.4) is 0 Å². The van der Waals surface area contributed by atoms with Crippen molar-refractivity contribution in [1.82, 2.24) is 14.5 Å². The van der Waals surface area contributed by atoms with Gasteiger partial charge < -0.3 is 10.1 Å². The van der Waals surface area contributed by atoms with Crippen molar-refractivity contribution in [1.29, 1.82) is 0 Å². The van der Waals surface area contributed by atoms with Crippen LogP contribution < -0.4 is 10.1 Å². The van der Waals surface area contributed by atoms with Crippen LogP contribution in [0.2, 0.25) is 0 Å². The van der Waals surface area contributed by atoms with Crippen LogP contribution in [-0.2, 0) is 10.0 Å². The van der Waals surface area contributed by atoms with Crippen molar-refractivity contribution >= 4 is 33.0 Å². The van der Waals surface area contributed by atoms with Crippen molar-refractivity contribution in [3.8, 4) is 5.75 Å². The van der Waals surface area contributed by atoms with Crippen LogP contribution in [-0.4, -0.2) is 49.0 Å². The number of hydrogen-bond donors (Lipinski definition) is 1. The number of aromatic nitrogens is 2. The minimum atomic E-state index is -3.53. The van der Waals surface area contributed by atoms with Crippen LogP contribution >= 0.6 is 11.3 Å². The molecule has 0 spiro atoms. The highest BCUT2D eigenvalue weighted by atomic mass is 32.2. The molecule has 3 aromatic rings. The molecule has 0 aliphatic carbocycles. The van der Waals surface area contributed by atoms with Crippen LogP contribution in [0, 0.1) is 13.8 Å². The second-order valence-electron chi connectivity index (χ2n) is 8.05. The first kappa shape index (κ1) is 23.3. The zero-order valence-corrected chi connectivity index (χ0v) is 20.4. The molecule has 1 aromatic heterocycles. The Morgan fingerprint density at radius 1 is 1.06 bits per heavy atom. The predicted molar refractivity (Wildman–Crippen MR) is 128 cm³/mol. The molecule has 1 fully saturated rings. The van der Waals surface area contributed by atoms with Gasteiger partial charge in [0, 0.05) is 24.7 Å². The lowest BCUT2D eigenvalue weighted by Crippen LogP contribution is -2.37. The third-order valence-corrected chi connectivity index (χ3v) is 8.88. The Bertz CT molecular complexity index is 1250. The van der Waals surface area contributed by atoms with Crippen LogP contribution in [0.1, 0.15) is 44.7 Å². The number of nitrogens with one attached hydrogen (secondary N) is 1. The second-order valence-corrected chi connectivity index (χ2v) is 11.0. The lowest BCUT2D eigenvalue weighted by atomic mass is 9.99. The first-order valence-electron chi connectivity index (χ1n) is 10.6. The van der Waals surface area contributed by atoms with Gasteiger partial charge in [-0.2, -0.15) is 4.31 Å². The number of amides is 1. The van der Waals surface area contributed by atoms with E-state index in [1.807, 2.05) is 19.9 Å². The van der Waals surface area contributed by atoms with Crippen molar-refractivity contribution < 1.29 is 17.9 Å². The molecular formula is C23H26N4O4S2. The highest BCUT2D eigenvalue weighted by molar-refractivity contribution is 7.89. The second kappa shape index (κ2) is 9.58. The molecule has 0 atom stereocenters. The van der Waals surface area contributed by atoms with E-state index in [9.17, 15) is 13.2 Å². The Hall–Kier alpha value is -2.82. The summed E-state index contributed by atoms with van der Waals surface area (Å²) in [5.41, 5.74) is 2.67. The Morgan fingerprint density at radius 3 is 2.39 bits per heavy atom. The number of sulfonamides is 1. The van der Waals surface area contributed by atoms with Crippen LogP contribution in [0.25, 0.3) is 0 Å². The average molecular weight is 487 g/mol. The van der Waals surface area contributed by atoms with Gasteiger partial charge in [0.1, 0.15) is 10.8 Å². The van der Waals surface area contributed by atoms with Crippen molar-refractivity contribution in [3.05, 3.63) is 63.6 Å². The molecule has 1 saturated heterocycles. The molecule has 4 rings (SSSR count). The van der Waals surface area contributed by atoms with E-state index in [-0.39, 0.29) is 16.8 Å². The third kappa shape index (κ3) is 5.07. The average Bonchev–Trinajstić information content (AvgIpc) is 3.32. The fourth-order valence-electron chi connectivity index (χ4n) is 3.72. The quantitative estimate of drug-likeness (QED) is 0.565. The van der Waals surface area contributed by atoms with Crippen molar-refractivity contribution in [2.75, 3.05) is 25.5 Å². The van der Waals surface area contributed by atoms with Gasteiger partial charge >= 0.3 is 0 Å². The normalized spacial score (nSPS) is 15.4. The fourth-order valence-corrected chi connectivity index (χ4v) is 6.18. The van der Waals surface area contributed by atoms with E-state index >= 15 is 0 Å². The van der Waals surface area contributed by atoms with E-state index in [1.165, 1.54) is 15.6 Å². The highest BCUT2D eigenvalue weighted by Gasteiger charge is 2.31. The number of aryl methyl sites for hydroxylation is 2. The summed E-state index contributed by atoms with van der Waals surface area (Å²) in [7, 11) is -1.94. The number of piperidine rings is 1. The largest absolute Gasteiger partial charge is 0.497 e. The predicted octanol–water partition coefficient (Wildman–Crippen LogP) is 3.98. The van der Waals surface area contributed by atoms with Gasteiger partial charge in [0.15, 0.2) is 0 Å². The molecular weight excluding hydrogens is 460 g/mol. The topological polar surface area (TPSA) is 101 Å². The SMILES string of the molecule is COc1ccc(NC(=O)c2nnc(C3CCN(S(=O)(=O)c4ccc(C)c(C)c4)CC3)s2)cc1. The Balaban J connectivity index is 1.38. The number of carbonyl (C=O) groups excluding carboxylic acids is 1. The maximum absolute atomic E-state index is 13.0. The lowest BCUT2D eigenvalue weighted by Gasteiger charge is -2.30. The Labute approximate surface area is 197 Å². The molecule has 0 radical (unpaired) electrons. The molecule has 1 amide bonds. The highest BCUT2D eigenvalue weighted by Crippen LogP contribution is 2.33. The van der Waals surface area contributed by atoms with E-state index in [1.54, 1.807) is 43.5 Å². The molecule has 10 heteroatoms. The molecule has 0 bridgehead atoms. The molecule has 1 aliphatic heterocycles. The smallest absolute Gasteiger partial charge is 0.286 e. The number of benzene rings is 2. The van der Waals surface area contributed by atoms with Gasteiger partial charge in [-0.3, -0.25) is 4.79 Å². The summed E-state index contributed by atoms with van der Waals surface area (Å²) in [6.45, 7) is 4.70. The van der Waals surface area contributed by atoms with Gasteiger partial charge in [0.05, 0.1) is 12.0 Å². The lowest BCUT2D eigenvalue weighted by molar-refractivity contribution is 0.102. The zero-order chi connectivity index (χ0) is 23.6. The number of hydrogen-bond acceptors (Lipinski definition) is 7. The van der Waals surface area contributed by atoms with Crippen molar-refractivity contribution in [2.45, 2.75) is 37.5 Å². The van der Waals surface area contributed by atoms with E-state index in [2.05, 4.69) is 15.5 Å². The molecule has 174 valence electrons. The fraction of sp³-hybridized carbons (Fsp3) is 0.348. The van der Waals surface area contributed by atoms with Gasteiger partial charge in [-0.25, -0.2) is 8.42 Å². The number of rotatable bonds is 6. The van der Waals surface area contributed by atoms with Crippen molar-refractivity contribution in [3.63, 3.8) is 0 Å². The summed E-state index contributed by atoms with van der Waals surface area (Å²) >= 11 is 1.26. The summed E-state index contributed by atoms with van der Waals surface area (Å²) < 4.78 is 32.7. The first-order valence-corrected chi connectivity index (χ1v) is 12.9. The number of ether oxygens (including phenoxy) is 1. The van der Waals surface area contributed by atoms with Crippen LogP contribution in [0.5, 0.6) is 5.75 Å². The zero-order valence-electron chi connectivity index (χ0n) is 18.7. The number of nitrogens with zero attached hydrogens (tertiary/aromatic N) is 3. The number of anilines is 1. The van der Waals surface area contributed by atoms with Gasteiger partial charge in [0.2, 0.25) is 15.0 Å². The van der Waals surface area contributed by atoms with E-state index in [0.29, 0.717) is 42.3 Å². The minimum Gasteiger partial charge on any atom is -0.497 e. The van der Waals surface area contributed by atoms with Crippen molar-refractivity contribution in [2.24, 2.45) is 0 Å². The van der Waals surface area contributed by atoms with Gasteiger partial charge in [-0.1, -0.05) is 17.4 Å². The molecule has 1 aliphatic rings. The van der Waals surface area contributed by atoms with Crippen LogP contribution in [0.15, 0.2) is 47.4 Å². The monoisotopic (exact) mass is 486 g/mol. The Morgan fingerprint density at radius 2 is 1.76 bits per heavy atom. The molecule has 2 aromatic carbocycles. The minimum absolute atomic E-state index is 0.0799. The van der Waals surface area contributed by atoms with E-state index < -0.39 is 10.0 Å². The molecule has 0 saturated carbocycles. The molecule has 33 heavy (non-hydrogen) atoms. The number of methoxy groups -OCH3 is 1. The summed E-state index contributed by atoms with van der Waals surface area (Å²) in [5.74, 6) is 0.465. The first-order chi connectivity index (χ1) is 15.8. The number of carbonyl (C=O) groups is 1. The maximum atomic E-state index is 13.0. The van der Waals surface area contributed by atoms with Crippen LogP contribution in [0.4, 0.5) is 5.69 Å². The van der Waals surface area contributed by atoms with E-state index in [0.717, 1.165) is 16.1 Å². The molecule has 0 unspecified atom stereocenters. The van der Waals surface area contributed by atoms with E-state index in [4.69, 9.17) is 4.74 Å². The summed E-state index contributed by atoms with van der Waals surface area (Å²) in [6.07, 6.45) is 1.28. The Kier molecular flexibility index (Phi) is 6.78. The molecule has 1 N–H and O–H groups in total.